The molecule has 0 aliphatic carbocycles. The van der Waals surface area contributed by atoms with Crippen LogP contribution < -0.4 is 19.5 Å². The monoisotopic (exact) mass is 313 g/mol. The van der Waals surface area contributed by atoms with Crippen LogP contribution >= 0.6 is 0 Å². The Morgan fingerprint density at radius 2 is 1.96 bits per heavy atom. The van der Waals surface area contributed by atoms with Gasteiger partial charge in [-0.3, -0.25) is 4.79 Å². The largest absolute Gasteiger partial charge is 0.491 e. The summed E-state index contributed by atoms with van der Waals surface area (Å²) in [6, 6.07) is 11.2. The lowest BCUT2D eigenvalue weighted by Crippen LogP contribution is -2.28. The highest BCUT2D eigenvalue weighted by molar-refractivity contribution is 5.94. The number of ether oxygens (including phenoxy) is 3. The lowest BCUT2D eigenvalue weighted by Gasteiger charge is -2.10. The summed E-state index contributed by atoms with van der Waals surface area (Å²) in [7, 11) is 0. The Kier molecular flexibility index (Phi) is 4.37. The molecule has 2 aromatic rings. The molecule has 0 radical (unpaired) electrons. The maximum atomic E-state index is 12.1. The topological polar surface area (TPSA) is 56.8 Å². The van der Waals surface area contributed by atoms with Crippen molar-refractivity contribution < 1.29 is 19.0 Å². The molecule has 1 amide bonds. The second-order valence-electron chi connectivity index (χ2n) is 5.44. The molecule has 2 aromatic carbocycles. The van der Waals surface area contributed by atoms with Crippen molar-refractivity contribution in [3.8, 4) is 17.2 Å². The van der Waals surface area contributed by atoms with E-state index in [1.54, 1.807) is 18.2 Å². The second-order valence-corrected chi connectivity index (χ2v) is 5.44. The van der Waals surface area contributed by atoms with E-state index in [1.807, 2.05) is 26.0 Å². The van der Waals surface area contributed by atoms with Gasteiger partial charge in [-0.05, 0) is 43.7 Å². The Labute approximate surface area is 135 Å². The molecule has 1 aliphatic rings. The molecule has 0 bridgehead atoms. The standard InChI is InChI=1S/C18H19NO4/c1-12-3-5-15(13(2)9-12)21-8-7-19-18(20)14-4-6-16-17(10-14)23-11-22-16/h3-6,9-10H,7-8,11H2,1-2H3,(H,19,20). The van der Waals surface area contributed by atoms with Gasteiger partial charge in [-0.25, -0.2) is 0 Å². The minimum atomic E-state index is -0.160. The number of amides is 1. The Morgan fingerprint density at radius 3 is 2.78 bits per heavy atom. The van der Waals surface area contributed by atoms with Crippen molar-refractivity contribution in [1.29, 1.82) is 0 Å². The Hall–Kier alpha value is -2.69. The zero-order chi connectivity index (χ0) is 16.2. The van der Waals surface area contributed by atoms with Gasteiger partial charge in [0.2, 0.25) is 6.79 Å². The normalized spacial score (nSPS) is 12.1. The molecule has 0 saturated carbocycles. The van der Waals surface area contributed by atoms with E-state index < -0.39 is 0 Å². The fourth-order valence-electron chi connectivity index (χ4n) is 2.43. The lowest BCUT2D eigenvalue weighted by molar-refractivity contribution is 0.0946. The zero-order valence-corrected chi connectivity index (χ0v) is 13.2. The maximum absolute atomic E-state index is 12.1. The molecule has 0 aromatic heterocycles. The number of benzene rings is 2. The number of aryl methyl sites for hydroxylation is 2. The molecule has 5 heteroatoms. The summed E-state index contributed by atoms with van der Waals surface area (Å²) in [6.45, 7) is 5.10. The molecule has 1 aliphatic heterocycles. The van der Waals surface area contributed by atoms with Crippen LogP contribution in [0.5, 0.6) is 17.2 Å². The average molecular weight is 313 g/mol. The Bertz CT molecular complexity index is 727. The first-order chi connectivity index (χ1) is 11.1. The summed E-state index contributed by atoms with van der Waals surface area (Å²) in [4.78, 5) is 12.1. The van der Waals surface area contributed by atoms with Gasteiger partial charge in [0.05, 0.1) is 6.54 Å². The summed E-state index contributed by atoms with van der Waals surface area (Å²) in [6.07, 6.45) is 0. The van der Waals surface area contributed by atoms with Gasteiger partial charge >= 0.3 is 0 Å². The summed E-state index contributed by atoms with van der Waals surface area (Å²) < 4.78 is 16.2. The fourth-order valence-corrected chi connectivity index (χ4v) is 2.43. The minimum absolute atomic E-state index is 0.160. The number of hydrogen-bond donors (Lipinski definition) is 1. The number of carbonyl (C=O) groups excluding carboxylic acids is 1. The van der Waals surface area contributed by atoms with Gasteiger partial charge in [0.25, 0.3) is 5.91 Å². The summed E-state index contributed by atoms with van der Waals surface area (Å²) >= 11 is 0. The highest BCUT2D eigenvalue weighted by atomic mass is 16.7. The molecule has 1 N–H and O–H groups in total. The van der Waals surface area contributed by atoms with Gasteiger partial charge in [-0.1, -0.05) is 17.7 Å². The third kappa shape index (κ3) is 3.56. The zero-order valence-electron chi connectivity index (χ0n) is 13.2. The van der Waals surface area contributed by atoms with Gasteiger partial charge in [-0.2, -0.15) is 0 Å². The average Bonchev–Trinajstić information content (AvgIpc) is 3.00. The van der Waals surface area contributed by atoms with E-state index in [9.17, 15) is 4.79 Å². The number of hydrogen-bond acceptors (Lipinski definition) is 4. The molecule has 23 heavy (non-hydrogen) atoms. The van der Waals surface area contributed by atoms with Crippen molar-refractivity contribution in [2.24, 2.45) is 0 Å². The number of rotatable bonds is 5. The van der Waals surface area contributed by atoms with Crippen molar-refractivity contribution in [2.45, 2.75) is 13.8 Å². The molecule has 120 valence electrons. The molecular formula is C18H19NO4. The smallest absolute Gasteiger partial charge is 0.251 e. The second kappa shape index (κ2) is 6.60. The van der Waals surface area contributed by atoms with Gasteiger partial charge in [0, 0.05) is 5.56 Å². The van der Waals surface area contributed by atoms with Crippen molar-refractivity contribution in [3.05, 3.63) is 53.1 Å². The van der Waals surface area contributed by atoms with Crippen LogP contribution in [-0.4, -0.2) is 25.9 Å². The maximum Gasteiger partial charge on any atom is 0.251 e. The molecule has 0 atom stereocenters. The third-order valence-electron chi connectivity index (χ3n) is 3.61. The van der Waals surface area contributed by atoms with Gasteiger partial charge < -0.3 is 19.5 Å². The Morgan fingerprint density at radius 1 is 1.13 bits per heavy atom. The first-order valence-corrected chi connectivity index (χ1v) is 7.51. The molecule has 0 saturated heterocycles. The molecule has 1 heterocycles. The highest BCUT2D eigenvalue weighted by Gasteiger charge is 2.15. The van der Waals surface area contributed by atoms with Crippen LogP contribution in [0, 0.1) is 13.8 Å². The third-order valence-corrected chi connectivity index (χ3v) is 3.61. The predicted molar refractivity (Wildman–Crippen MR) is 86.3 cm³/mol. The summed E-state index contributed by atoms with van der Waals surface area (Å²) in [5.41, 5.74) is 2.83. The van der Waals surface area contributed by atoms with E-state index in [2.05, 4.69) is 11.4 Å². The van der Waals surface area contributed by atoms with Gasteiger partial charge in [0.1, 0.15) is 12.4 Å². The predicted octanol–water partition coefficient (Wildman–Crippen LogP) is 2.84. The van der Waals surface area contributed by atoms with E-state index in [-0.39, 0.29) is 12.7 Å². The van der Waals surface area contributed by atoms with E-state index in [0.29, 0.717) is 30.2 Å². The van der Waals surface area contributed by atoms with E-state index in [0.717, 1.165) is 11.3 Å². The van der Waals surface area contributed by atoms with Crippen LogP contribution in [0.3, 0.4) is 0 Å². The van der Waals surface area contributed by atoms with Gasteiger partial charge in [0.15, 0.2) is 11.5 Å². The molecule has 3 rings (SSSR count). The van der Waals surface area contributed by atoms with Crippen LogP contribution in [0.1, 0.15) is 21.5 Å². The summed E-state index contributed by atoms with van der Waals surface area (Å²) in [5, 5.41) is 2.83. The van der Waals surface area contributed by atoms with E-state index in [4.69, 9.17) is 14.2 Å². The SMILES string of the molecule is Cc1ccc(OCCNC(=O)c2ccc3c(c2)OCO3)c(C)c1. The lowest BCUT2D eigenvalue weighted by atomic mass is 10.1. The van der Waals surface area contributed by atoms with Crippen LogP contribution in [0.25, 0.3) is 0 Å². The van der Waals surface area contributed by atoms with E-state index >= 15 is 0 Å². The number of nitrogens with one attached hydrogen (secondary N) is 1. The fraction of sp³-hybridized carbons (Fsp3) is 0.278. The molecule has 0 unspecified atom stereocenters. The quantitative estimate of drug-likeness (QED) is 0.862. The summed E-state index contributed by atoms with van der Waals surface area (Å²) in [5.74, 6) is 1.95. The number of carbonyl (C=O) groups is 1. The van der Waals surface area contributed by atoms with Crippen LogP contribution in [0.15, 0.2) is 36.4 Å². The highest BCUT2D eigenvalue weighted by Crippen LogP contribution is 2.32. The first kappa shape index (κ1) is 15.2. The number of fused-ring (bicyclic) bond motifs is 1. The van der Waals surface area contributed by atoms with Crippen LogP contribution in [0.2, 0.25) is 0 Å². The first-order valence-electron chi connectivity index (χ1n) is 7.51. The van der Waals surface area contributed by atoms with Crippen molar-refractivity contribution in [3.63, 3.8) is 0 Å². The minimum Gasteiger partial charge on any atom is -0.491 e. The van der Waals surface area contributed by atoms with Crippen molar-refractivity contribution in [1.82, 2.24) is 5.32 Å². The molecular weight excluding hydrogens is 294 g/mol. The van der Waals surface area contributed by atoms with Crippen molar-refractivity contribution in [2.75, 3.05) is 19.9 Å². The van der Waals surface area contributed by atoms with Gasteiger partial charge in [-0.15, -0.1) is 0 Å². The van der Waals surface area contributed by atoms with Crippen molar-refractivity contribution >= 4 is 5.91 Å². The van der Waals surface area contributed by atoms with Crippen LogP contribution in [-0.2, 0) is 0 Å². The molecule has 0 spiro atoms. The molecule has 0 fully saturated rings. The van der Waals surface area contributed by atoms with E-state index in [1.165, 1.54) is 5.56 Å². The molecule has 5 nitrogen and oxygen atoms in total. The Balaban J connectivity index is 1.49. The van der Waals surface area contributed by atoms with Crippen LogP contribution in [0.4, 0.5) is 0 Å².